The summed E-state index contributed by atoms with van der Waals surface area (Å²) in [6.07, 6.45) is 1.97. The molecule has 0 saturated carbocycles. The van der Waals surface area contributed by atoms with Gasteiger partial charge >= 0.3 is 0 Å². The number of rotatable bonds is 8. The molecule has 3 aromatic rings. The van der Waals surface area contributed by atoms with E-state index in [9.17, 15) is 9.59 Å². The molecule has 2 amide bonds. The molecule has 0 unspecified atom stereocenters. The van der Waals surface area contributed by atoms with Crippen LogP contribution in [0.1, 0.15) is 40.5 Å². The predicted molar refractivity (Wildman–Crippen MR) is 116 cm³/mol. The van der Waals surface area contributed by atoms with Crippen LogP contribution in [-0.2, 0) is 0 Å². The lowest BCUT2D eigenvalue weighted by atomic mass is 10.1. The molecule has 5 nitrogen and oxygen atoms in total. The van der Waals surface area contributed by atoms with Crippen molar-refractivity contribution >= 4 is 23.2 Å². The Morgan fingerprint density at radius 3 is 2.00 bits per heavy atom. The van der Waals surface area contributed by atoms with Gasteiger partial charge in [-0.2, -0.15) is 0 Å². The molecule has 3 rings (SSSR count). The molecule has 0 aliphatic carbocycles. The van der Waals surface area contributed by atoms with E-state index in [1.54, 1.807) is 48.5 Å². The lowest BCUT2D eigenvalue weighted by Gasteiger charge is -2.12. The van der Waals surface area contributed by atoms with Gasteiger partial charge in [-0.3, -0.25) is 9.59 Å². The van der Waals surface area contributed by atoms with Gasteiger partial charge in [0.15, 0.2) is 0 Å². The molecule has 3 aromatic carbocycles. The van der Waals surface area contributed by atoms with Crippen molar-refractivity contribution < 1.29 is 14.3 Å². The Kier molecular flexibility index (Phi) is 7.00. The van der Waals surface area contributed by atoms with Crippen LogP contribution in [0.2, 0.25) is 0 Å². The lowest BCUT2D eigenvalue weighted by Crippen LogP contribution is -2.14. The highest BCUT2D eigenvalue weighted by atomic mass is 16.5. The Morgan fingerprint density at radius 1 is 0.759 bits per heavy atom. The summed E-state index contributed by atoms with van der Waals surface area (Å²) >= 11 is 0. The minimum Gasteiger partial charge on any atom is -0.493 e. The molecule has 0 fully saturated rings. The van der Waals surface area contributed by atoms with Gasteiger partial charge in [0.2, 0.25) is 0 Å². The molecular weight excluding hydrogens is 364 g/mol. The van der Waals surface area contributed by atoms with E-state index in [-0.39, 0.29) is 11.8 Å². The monoisotopic (exact) mass is 388 g/mol. The minimum absolute atomic E-state index is 0.180. The summed E-state index contributed by atoms with van der Waals surface area (Å²) in [4.78, 5) is 24.9. The fraction of sp³-hybridized carbons (Fsp3) is 0.167. The van der Waals surface area contributed by atoms with E-state index >= 15 is 0 Å². The van der Waals surface area contributed by atoms with Gasteiger partial charge in [-0.25, -0.2) is 0 Å². The fourth-order valence-corrected chi connectivity index (χ4v) is 2.73. The molecule has 5 heteroatoms. The quantitative estimate of drug-likeness (QED) is 0.510. The zero-order valence-electron chi connectivity index (χ0n) is 16.4. The Hall–Kier alpha value is -3.60. The van der Waals surface area contributed by atoms with Gasteiger partial charge < -0.3 is 15.4 Å². The SMILES string of the molecule is CCCCOc1ccccc1C(=O)Nc1ccc(NC(=O)c2ccccc2)cc1. The molecular formula is C24H24N2O3. The number of unbranched alkanes of at least 4 members (excludes halogenated alkanes) is 1. The summed E-state index contributed by atoms with van der Waals surface area (Å²) in [6.45, 7) is 2.67. The van der Waals surface area contributed by atoms with Crippen molar-refractivity contribution in [1.82, 2.24) is 0 Å². The molecule has 0 aromatic heterocycles. The third-order valence-corrected chi connectivity index (χ3v) is 4.32. The van der Waals surface area contributed by atoms with Crippen molar-refractivity contribution in [3.8, 4) is 5.75 Å². The van der Waals surface area contributed by atoms with Crippen LogP contribution in [0.4, 0.5) is 11.4 Å². The lowest BCUT2D eigenvalue weighted by molar-refractivity contribution is 0.101. The number of carbonyl (C=O) groups is 2. The third kappa shape index (κ3) is 5.69. The highest BCUT2D eigenvalue weighted by molar-refractivity contribution is 6.07. The van der Waals surface area contributed by atoms with Crippen LogP contribution in [0.15, 0.2) is 78.9 Å². The first-order valence-corrected chi connectivity index (χ1v) is 9.67. The zero-order valence-corrected chi connectivity index (χ0v) is 16.4. The number of anilines is 2. The van der Waals surface area contributed by atoms with Crippen molar-refractivity contribution in [2.45, 2.75) is 19.8 Å². The summed E-state index contributed by atoms with van der Waals surface area (Å²) in [5, 5.41) is 5.71. The van der Waals surface area contributed by atoms with Crippen molar-refractivity contribution in [3.05, 3.63) is 90.0 Å². The third-order valence-electron chi connectivity index (χ3n) is 4.32. The molecule has 0 radical (unpaired) electrons. The Labute approximate surface area is 170 Å². The Balaban J connectivity index is 1.62. The largest absolute Gasteiger partial charge is 0.493 e. The van der Waals surface area contributed by atoms with E-state index in [0.29, 0.717) is 34.9 Å². The van der Waals surface area contributed by atoms with Crippen molar-refractivity contribution in [1.29, 1.82) is 0 Å². The van der Waals surface area contributed by atoms with E-state index in [2.05, 4.69) is 17.6 Å². The number of benzene rings is 3. The van der Waals surface area contributed by atoms with Gasteiger partial charge in [0.05, 0.1) is 12.2 Å². The number of amides is 2. The van der Waals surface area contributed by atoms with E-state index < -0.39 is 0 Å². The fourth-order valence-electron chi connectivity index (χ4n) is 2.73. The second-order valence-electron chi connectivity index (χ2n) is 6.55. The molecule has 148 valence electrons. The summed E-state index contributed by atoms with van der Waals surface area (Å²) in [7, 11) is 0. The van der Waals surface area contributed by atoms with Gasteiger partial charge in [0.25, 0.3) is 11.8 Å². The summed E-state index contributed by atoms with van der Waals surface area (Å²) in [5.74, 6) is 0.156. The molecule has 0 saturated heterocycles. The summed E-state index contributed by atoms with van der Waals surface area (Å²) in [6, 6.07) is 23.2. The number of para-hydroxylation sites is 1. The minimum atomic E-state index is -0.238. The number of carbonyl (C=O) groups excluding carboxylic acids is 2. The van der Waals surface area contributed by atoms with E-state index in [0.717, 1.165) is 12.8 Å². The normalized spacial score (nSPS) is 10.2. The van der Waals surface area contributed by atoms with Crippen LogP contribution in [0.5, 0.6) is 5.75 Å². The van der Waals surface area contributed by atoms with Crippen molar-refractivity contribution in [3.63, 3.8) is 0 Å². The van der Waals surface area contributed by atoms with Crippen molar-refractivity contribution in [2.75, 3.05) is 17.2 Å². The van der Waals surface area contributed by atoms with Crippen LogP contribution >= 0.6 is 0 Å². The van der Waals surface area contributed by atoms with Gasteiger partial charge in [0.1, 0.15) is 5.75 Å². The highest BCUT2D eigenvalue weighted by Gasteiger charge is 2.12. The second kappa shape index (κ2) is 10.1. The standard InChI is InChI=1S/C24H24N2O3/c1-2-3-17-29-22-12-8-7-11-21(22)24(28)26-20-15-13-19(14-16-20)25-23(27)18-9-5-4-6-10-18/h4-16H,2-3,17H2,1H3,(H,25,27)(H,26,28). The topological polar surface area (TPSA) is 67.4 Å². The molecule has 0 aliphatic heterocycles. The maximum absolute atomic E-state index is 12.7. The smallest absolute Gasteiger partial charge is 0.259 e. The van der Waals surface area contributed by atoms with Gasteiger partial charge in [-0.1, -0.05) is 43.7 Å². The molecule has 0 heterocycles. The van der Waals surface area contributed by atoms with Gasteiger partial charge in [-0.05, 0) is 55.0 Å². The van der Waals surface area contributed by atoms with Gasteiger partial charge in [-0.15, -0.1) is 0 Å². The first kappa shape index (κ1) is 20.1. The Bertz CT molecular complexity index is 953. The Morgan fingerprint density at radius 2 is 1.34 bits per heavy atom. The predicted octanol–water partition coefficient (Wildman–Crippen LogP) is 5.37. The van der Waals surface area contributed by atoms with Crippen LogP contribution in [0, 0.1) is 0 Å². The van der Waals surface area contributed by atoms with Crippen LogP contribution < -0.4 is 15.4 Å². The molecule has 29 heavy (non-hydrogen) atoms. The van der Waals surface area contributed by atoms with E-state index in [4.69, 9.17) is 4.74 Å². The number of nitrogens with one attached hydrogen (secondary N) is 2. The second-order valence-corrected chi connectivity index (χ2v) is 6.55. The van der Waals surface area contributed by atoms with E-state index in [1.165, 1.54) is 0 Å². The van der Waals surface area contributed by atoms with Gasteiger partial charge in [0, 0.05) is 16.9 Å². The average molecular weight is 388 g/mol. The maximum Gasteiger partial charge on any atom is 0.259 e. The van der Waals surface area contributed by atoms with Crippen LogP contribution in [-0.4, -0.2) is 18.4 Å². The zero-order chi connectivity index (χ0) is 20.5. The molecule has 0 aliphatic rings. The molecule has 0 spiro atoms. The number of hydrogen-bond acceptors (Lipinski definition) is 3. The summed E-state index contributed by atoms with van der Waals surface area (Å²) in [5.41, 5.74) is 2.37. The van der Waals surface area contributed by atoms with E-state index in [1.807, 2.05) is 30.3 Å². The van der Waals surface area contributed by atoms with Crippen LogP contribution in [0.3, 0.4) is 0 Å². The van der Waals surface area contributed by atoms with Crippen molar-refractivity contribution in [2.24, 2.45) is 0 Å². The summed E-state index contributed by atoms with van der Waals surface area (Å²) < 4.78 is 5.73. The first-order valence-electron chi connectivity index (χ1n) is 9.67. The number of ether oxygens (including phenoxy) is 1. The maximum atomic E-state index is 12.7. The highest BCUT2D eigenvalue weighted by Crippen LogP contribution is 2.21. The average Bonchev–Trinajstić information content (AvgIpc) is 2.76. The first-order chi connectivity index (χ1) is 14.2. The number of hydrogen-bond donors (Lipinski definition) is 2. The van der Waals surface area contributed by atoms with Crippen LogP contribution in [0.25, 0.3) is 0 Å². The molecule has 0 atom stereocenters. The molecule has 0 bridgehead atoms. The molecule has 2 N–H and O–H groups in total.